The predicted molar refractivity (Wildman–Crippen MR) is 278 cm³/mol. The van der Waals surface area contributed by atoms with Gasteiger partial charge in [0, 0.05) is 12.8 Å². The maximum atomic E-state index is 12.4. The van der Waals surface area contributed by atoms with Gasteiger partial charge in [0.15, 0.2) is 0 Å². The summed E-state index contributed by atoms with van der Waals surface area (Å²) < 4.78 is 5.49. The molecular formula is C58H113NO5. The Kier molecular flexibility index (Phi) is 53.0. The number of carbonyl (C=O) groups excluding carboxylic acids is 2. The Hall–Kier alpha value is -1.40. The summed E-state index contributed by atoms with van der Waals surface area (Å²) in [6.07, 6.45) is 63.7. The van der Waals surface area contributed by atoms with Gasteiger partial charge in [-0.1, -0.05) is 289 Å². The molecule has 0 saturated heterocycles. The average molecular weight is 905 g/mol. The fraction of sp³-hybridized carbons (Fsp3) is 0.931. The van der Waals surface area contributed by atoms with Gasteiger partial charge in [0.2, 0.25) is 5.91 Å². The van der Waals surface area contributed by atoms with Gasteiger partial charge in [0.25, 0.3) is 0 Å². The van der Waals surface area contributed by atoms with Crippen molar-refractivity contribution in [3.05, 3.63) is 12.2 Å². The van der Waals surface area contributed by atoms with Crippen molar-refractivity contribution in [2.45, 2.75) is 334 Å². The second kappa shape index (κ2) is 54.2. The SMILES string of the molecule is CCCCCCCCCCCCCC/C=C/C(O)C(CO)NC(=O)CCCCCCCCCCCCCCCCCCOC(=O)CCCCCCCCCCCCCCCCCCC. The first-order valence-electron chi connectivity index (χ1n) is 29.0. The normalized spacial score (nSPS) is 12.6. The lowest BCUT2D eigenvalue weighted by Crippen LogP contribution is -2.45. The van der Waals surface area contributed by atoms with Crippen LogP contribution in [0.25, 0.3) is 0 Å². The number of unbranched alkanes of at least 4 members (excludes halogenated alkanes) is 43. The zero-order chi connectivity index (χ0) is 46.5. The maximum absolute atomic E-state index is 12.4. The fourth-order valence-electron chi connectivity index (χ4n) is 9.11. The van der Waals surface area contributed by atoms with E-state index in [-0.39, 0.29) is 18.5 Å². The number of hydrogen-bond donors (Lipinski definition) is 3. The lowest BCUT2D eigenvalue weighted by atomic mass is 10.0. The minimum absolute atomic E-state index is 0.00653. The molecule has 64 heavy (non-hydrogen) atoms. The molecule has 380 valence electrons. The Morgan fingerprint density at radius 1 is 0.422 bits per heavy atom. The molecule has 0 aromatic rings. The highest BCUT2D eigenvalue weighted by atomic mass is 16.5. The standard InChI is InChI=1S/C58H113NO5/c1-3-5-7-9-11-13-15-17-19-20-24-28-32-36-40-44-48-52-58(63)64-53-49-45-41-37-33-29-25-22-21-23-27-31-35-39-43-47-51-57(62)59-55(54-60)56(61)50-46-42-38-34-30-26-18-16-14-12-10-8-6-4-2/h46,50,55-56,60-61H,3-45,47-49,51-54H2,1-2H3,(H,59,62)/b50-46+. The molecule has 0 aliphatic rings. The molecule has 0 aromatic heterocycles. The molecule has 0 spiro atoms. The summed E-state index contributed by atoms with van der Waals surface area (Å²) in [6.45, 7) is 4.91. The van der Waals surface area contributed by atoms with Crippen molar-refractivity contribution in [3.63, 3.8) is 0 Å². The first-order chi connectivity index (χ1) is 31.5. The highest BCUT2D eigenvalue weighted by Gasteiger charge is 2.18. The zero-order valence-corrected chi connectivity index (χ0v) is 43.3. The Bertz CT molecular complexity index is 955. The van der Waals surface area contributed by atoms with Crippen molar-refractivity contribution >= 4 is 11.9 Å². The van der Waals surface area contributed by atoms with Gasteiger partial charge in [-0.05, 0) is 32.1 Å². The third kappa shape index (κ3) is 50.0. The number of nitrogens with one attached hydrogen (secondary N) is 1. The molecule has 0 radical (unpaired) electrons. The van der Waals surface area contributed by atoms with Crippen molar-refractivity contribution in [2.24, 2.45) is 0 Å². The molecular weight excluding hydrogens is 791 g/mol. The predicted octanol–water partition coefficient (Wildman–Crippen LogP) is 17.7. The molecule has 0 saturated carbocycles. The van der Waals surface area contributed by atoms with Gasteiger partial charge in [-0.3, -0.25) is 9.59 Å². The number of ether oxygens (including phenoxy) is 1. The number of aliphatic hydroxyl groups excluding tert-OH is 2. The highest BCUT2D eigenvalue weighted by Crippen LogP contribution is 2.17. The summed E-state index contributed by atoms with van der Waals surface area (Å²) in [6, 6.07) is -0.631. The van der Waals surface area contributed by atoms with E-state index in [1.807, 2.05) is 6.08 Å². The van der Waals surface area contributed by atoms with Crippen LogP contribution >= 0.6 is 0 Å². The van der Waals surface area contributed by atoms with E-state index in [4.69, 9.17) is 4.74 Å². The molecule has 0 aliphatic carbocycles. The van der Waals surface area contributed by atoms with Crippen molar-refractivity contribution in [2.75, 3.05) is 13.2 Å². The van der Waals surface area contributed by atoms with E-state index in [0.717, 1.165) is 44.9 Å². The molecule has 2 atom stereocenters. The van der Waals surface area contributed by atoms with Crippen LogP contribution in [-0.2, 0) is 14.3 Å². The van der Waals surface area contributed by atoms with Gasteiger partial charge < -0.3 is 20.3 Å². The van der Waals surface area contributed by atoms with E-state index >= 15 is 0 Å². The number of hydrogen-bond acceptors (Lipinski definition) is 5. The summed E-state index contributed by atoms with van der Waals surface area (Å²) in [5, 5.41) is 23.1. The second-order valence-corrected chi connectivity index (χ2v) is 20.0. The van der Waals surface area contributed by atoms with Crippen LogP contribution in [0.2, 0.25) is 0 Å². The second-order valence-electron chi connectivity index (χ2n) is 20.0. The van der Waals surface area contributed by atoms with Gasteiger partial charge >= 0.3 is 5.97 Å². The van der Waals surface area contributed by atoms with E-state index in [1.165, 1.54) is 250 Å². The van der Waals surface area contributed by atoms with Gasteiger partial charge in [0.1, 0.15) is 0 Å². The van der Waals surface area contributed by atoms with Crippen LogP contribution in [0.4, 0.5) is 0 Å². The van der Waals surface area contributed by atoms with Crippen LogP contribution in [0.1, 0.15) is 322 Å². The minimum Gasteiger partial charge on any atom is -0.466 e. The number of amides is 1. The molecule has 1 amide bonds. The average Bonchev–Trinajstić information content (AvgIpc) is 3.29. The largest absolute Gasteiger partial charge is 0.466 e. The first-order valence-corrected chi connectivity index (χ1v) is 29.0. The highest BCUT2D eigenvalue weighted by molar-refractivity contribution is 5.76. The molecule has 6 nitrogen and oxygen atoms in total. The van der Waals surface area contributed by atoms with Crippen LogP contribution in [-0.4, -0.2) is 47.4 Å². The van der Waals surface area contributed by atoms with Crippen molar-refractivity contribution in [1.29, 1.82) is 0 Å². The smallest absolute Gasteiger partial charge is 0.305 e. The van der Waals surface area contributed by atoms with Crippen LogP contribution in [0.5, 0.6) is 0 Å². The molecule has 0 rings (SSSR count). The van der Waals surface area contributed by atoms with Crippen molar-refractivity contribution in [1.82, 2.24) is 5.32 Å². The Labute approximate surface area is 399 Å². The van der Waals surface area contributed by atoms with Gasteiger partial charge in [0.05, 0.1) is 25.4 Å². The number of esters is 1. The number of rotatable bonds is 54. The monoisotopic (exact) mass is 904 g/mol. The molecule has 0 heterocycles. The van der Waals surface area contributed by atoms with Gasteiger partial charge in [-0.25, -0.2) is 0 Å². The summed E-state index contributed by atoms with van der Waals surface area (Å²) in [5.41, 5.74) is 0. The van der Waals surface area contributed by atoms with Gasteiger partial charge in [-0.2, -0.15) is 0 Å². The molecule has 0 aliphatic heterocycles. The summed E-state index contributed by atoms with van der Waals surface area (Å²) >= 11 is 0. The Balaban J connectivity index is 3.41. The third-order valence-corrected chi connectivity index (χ3v) is 13.6. The molecule has 6 heteroatoms. The van der Waals surface area contributed by atoms with E-state index < -0.39 is 12.1 Å². The van der Waals surface area contributed by atoms with Crippen LogP contribution in [0, 0.1) is 0 Å². The van der Waals surface area contributed by atoms with E-state index in [1.54, 1.807) is 6.08 Å². The van der Waals surface area contributed by atoms with E-state index in [0.29, 0.717) is 19.4 Å². The summed E-state index contributed by atoms with van der Waals surface area (Å²) in [5.74, 6) is -0.0666. The molecule has 0 aromatic carbocycles. The van der Waals surface area contributed by atoms with Crippen LogP contribution < -0.4 is 5.32 Å². The number of aliphatic hydroxyl groups is 2. The minimum atomic E-state index is -0.847. The zero-order valence-electron chi connectivity index (χ0n) is 43.3. The maximum Gasteiger partial charge on any atom is 0.305 e. The molecule has 3 N–H and O–H groups in total. The fourth-order valence-corrected chi connectivity index (χ4v) is 9.11. The molecule has 2 unspecified atom stereocenters. The number of carbonyl (C=O) groups is 2. The third-order valence-electron chi connectivity index (χ3n) is 13.6. The topological polar surface area (TPSA) is 95.9 Å². The van der Waals surface area contributed by atoms with E-state index in [2.05, 4.69) is 19.2 Å². The summed E-state index contributed by atoms with van der Waals surface area (Å²) in [7, 11) is 0. The first kappa shape index (κ1) is 62.6. The van der Waals surface area contributed by atoms with Crippen molar-refractivity contribution < 1.29 is 24.5 Å². The Morgan fingerprint density at radius 2 is 0.719 bits per heavy atom. The van der Waals surface area contributed by atoms with Crippen LogP contribution in [0.3, 0.4) is 0 Å². The van der Waals surface area contributed by atoms with E-state index in [9.17, 15) is 19.8 Å². The molecule has 0 fully saturated rings. The quantitative estimate of drug-likeness (QED) is 0.0321. The molecule has 0 bridgehead atoms. The van der Waals surface area contributed by atoms with Gasteiger partial charge in [-0.15, -0.1) is 0 Å². The lowest BCUT2D eigenvalue weighted by Gasteiger charge is -2.20. The summed E-state index contributed by atoms with van der Waals surface area (Å²) in [4.78, 5) is 24.5. The van der Waals surface area contributed by atoms with Crippen molar-refractivity contribution in [3.8, 4) is 0 Å². The van der Waals surface area contributed by atoms with Crippen LogP contribution in [0.15, 0.2) is 12.2 Å². The number of allylic oxidation sites excluding steroid dienone is 1. The lowest BCUT2D eigenvalue weighted by molar-refractivity contribution is -0.143. The Morgan fingerprint density at radius 3 is 1.06 bits per heavy atom.